The molecular formula is C20H16O3. The van der Waals surface area contributed by atoms with E-state index in [0.717, 1.165) is 16.7 Å². The van der Waals surface area contributed by atoms with Crippen LogP contribution in [0.3, 0.4) is 0 Å². The number of benzene rings is 2. The number of hydrogen-bond acceptors (Lipinski definition) is 3. The standard InChI is InChI=1S/C20H16O3/c1-20(2,18-11-13-7-3-5-9-16(13)23-18)15-12-22-17-10-6-4-8-14(17)19(15)21/h3-12H,1-2H3. The Kier molecular flexibility index (Phi) is 2.91. The van der Waals surface area contributed by atoms with Gasteiger partial charge >= 0.3 is 0 Å². The Morgan fingerprint density at radius 2 is 1.61 bits per heavy atom. The van der Waals surface area contributed by atoms with Crippen LogP contribution >= 0.6 is 0 Å². The van der Waals surface area contributed by atoms with Crippen LogP contribution in [0.15, 0.2) is 74.5 Å². The van der Waals surface area contributed by atoms with Crippen LogP contribution in [0.5, 0.6) is 0 Å². The molecule has 23 heavy (non-hydrogen) atoms. The van der Waals surface area contributed by atoms with E-state index in [2.05, 4.69) is 0 Å². The summed E-state index contributed by atoms with van der Waals surface area (Å²) in [5.41, 5.74) is 1.42. The Hall–Kier alpha value is -2.81. The first kappa shape index (κ1) is 13.8. The Morgan fingerprint density at radius 1 is 0.913 bits per heavy atom. The highest BCUT2D eigenvalue weighted by Crippen LogP contribution is 2.34. The summed E-state index contributed by atoms with van der Waals surface area (Å²) >= 11 is 0. The Bertz CT molecular complexity index is 1030. The van der Waals surface area contributed by atoms with Crippen molar-refractivity contribution < 1.29 is 8.83 Å². The predicted octanol–water partition coefficient (Wildman–Crippen LogP) is 4.87. The van der Waals surface area contributed by atoms with Crippen molar-refractivity contribution in [3.05, 3.63) is 82.4 Å². The summed E-state index contributed by atoms with van der Waals surface area (Å²) in [6.07, 6.45) is 1.55. The second-order valence-corrected chi connectivity index (χ2v) is 6.25. The van der Waals surface area contributed by atoms with E-state index < -0.39 is 5.41 Å². The van der Waals surface area contributed by atoms with Crippen LogP contribution in [-0.2, 0) is 5.41 Å². The van der Waals surface area contributed by atoms with Gasteiger partial charge in [-0.25, -0.2) is 0 Å². The molecule has 0 aliphatic heterocycles. The van der Waals surface area contributed by atoms with Gasteiger partial charge in [0.2, 0.25) is 0 Å². The fraction of sp³-hybridized carbons (Fsp3) is 0.150. The number of furan rings is 1. The molecule has 0 saturated heterocycles. The summed E-state index contributed by atoms with van der Waals surface area (Å²) < 4.78 is 11.6. The second-order valence-electron chi connectivity index (χ2n) is 6.25. The summed E-state index contributed by atoms with van der Waals surface area (Å²) in [6.45, 7) is 3.96. The molecule has 0 aliphatic carbocycles. The average molecular weight is 304 g/mol. The van der Waals surface area contributed by atoms with Gasteiger partial charge in [0.05, 0.1) is 17.1 Å². The molecular weight excluding hydrogens is 288 g/mol. The third kappa shape index (κ3) is 2.08. The molecule has 0 spiro atoms. The number of hydrogen-bond donors (Lipinski definition) is 0. The SMILES string of the molecule is CC(C)(c1cc2ccccc2o1)c1coc2ccccc2c1=O. The molecule has 0 N–H and O–H groups in total. The average Bonchev–Trinajstić information content (AvgIpc) is 3.00. The molecule has 3 heteroatoms. The quantitative estimate of drug-likeness (QED) is 0.531. The molecule has 0 atom stereocenters. The maximum atomic E-state index is 12.9. The lowest BCUT2D eigenvalue weighted by Crippen LogP contribution is -2.26. The number of para-hydroxylation sites is 2. The van der Waals surface area contributed by atoms with Crippen molar-refractivity contribution in [1.82, 2.24) is 0 Å². The first-order chi connectivity index (χ1) is 11.1. The van der Waals surface area contributed by atoms with E-state index in [4.69, 9.17) is 8.83 Å². The molecule has 3 nitrogen and oxygen atoms in total. The molecule has 0 fully saturated rings. The van der Waals surface area contributed by atoms with Gasteiger partial charge in [-0.3, -0.25) is 4.79 Å². The van der Waals surface area contributed by atoms with Gasteiger partial charge in [-0.2, -0.15) is 0 Å². The van der Waals surface area contributed by atoms with Gasteiger partial charge in [0, 0.05) is 10.9 Å². The fourth-order valence-electron chi connectivity index (χ4n) is 2.93. The molecule has 0 unspecified atom stereocenters. The van der Waals surface area contributed by atoms with Gasteiger partial charge < -0.3 is 8.83 Å². The number of rotatable bonds is 2. The molecule has 0 aliphatic rings. The number of fused-ring (bicyclic) bond motifs is 2. The van der Waals surface area contributed by atoms with Crippen LogP contribution in [0.25, 0.3) is 21.9 Å². The zero-order valence-corrected chi connectivity index (χ0v) is 13.0. The molecule has 2 aromatic heterocycles. The van der Waals surface area contributed by atoms with Gasteiger partial charge in [0.15, 0.2) is 5.43 Å². The van der Waals surface area contributed by atoms with Crippen LogP contribution in [0.1, 0.15) is 25.2 Å². The lowest BCUT2D eigenvalue weighted by molar-refractivity contribution is 0.442. The zero-order valence-electron chi connectivity index (χ0n) is 13.0. The zero-order chi connectivity index (χ0) is 16.0. The molecule has 0 bridgehead atoms. The summed E-state index contributed by atoms with van der Waals surface area (Å²) in [5, 5.41) is 1.62. The van der Waals surface area contributed by atoms with E-state index in [0.29, 0.717) is 16.5 Å². The van der Waals surface area contributed by atoms with Crippen LogP contribution < -0.4 is 5.43 Å². The van der Waals surface area contributed by atoms with Gasteiger partial charge in [-0.15, -0.1) is 0 Å². The highest BCUT2D eigenvalue weighted by atomic mass is 16.3. The Morgan fingerprint density at radius 3 is 2.39 bits per heavy atom. The van der Waals surface area contributed by atoms with Crippen molar-refractivity contribution in [2.75, 3.05) is 0 Å². The summed E-state index contributed by atoms with van der Waals surface area (Å²) in [6, 6.07) is 17.1. The van der Waals surface area contributed by atoms with Gasteiger partial charge in [-0.05, 0) is 38.1 Å². The van der Waals surface area contributed by atoms with Gasteiger partial charge in [0.25, 0.3) is 0 Å². The lowest BCUT2D eigenvalue weighted by Gasteiger charge is -2.21. The molecule has 2 aromatic carbocycles. The van der Waals surface area contributed by atoms with Crippen LogP contribution in [-0.4, -0.2) is 0 Å². The topological polar surface area (TPSA) is 43.4 Å². The van der Waals surface area contributed by atoms with Crippen molar-refractivity contribution in [3.63, 3.8) is 0 Å². The minimum Gasteiger partial charge on any atom is -0.464 e. The van der Waals surface area contributed by atoms with E-state index >= 15 is 0 Å². The molecule has 114 valence electrons. The summed E-state index contributed by atoms with van der Waals surface area (Å²) in [5.74, 6) is 0.751. The normalized spacial score (nSPS) is 12.1. The molecule has 0 amide bonds. The van der Waals surface area contributed by atoms with Crippen LogP contribution in [0.2, 0.25) is 0 Å². The minimum atomic E-state index is -0.580. The third-order valence-electron chi connectivity index (χ3n) is 4.39. The second kappa shape index (κ2) is 4.85. The van der Waals surface area contributed by atoms with Crippen molar-refractivity contribution in [2.45, 2.75) is 19.3 Å². The Balaban J connectivity index is 1.94. The van der Waals surface area contributed by atoms with E-state index in [9.17, 15) is 4.79 Å². The smallest absolute Gasteiger partial charge is 0.196 e. The van der Waals surface area contributed by atoms with Crippen molar-refractivity contribution >= 4 is 21.9 Å². The van der Waals surface area contributed by atoms with E-state index in [1.54, 1.807) is 18.4 Å². The van der Waals surface area contributed by atoms with Crippen LogP contribution in [0.4, 0.5) is 0 Å². The third-order valence-corrected chi connectivity index (χ3v) is 4.39. The van der Waals surface area contributed by atoms with Gasteiger partial charge in [-0.1, -0.05) is 30.3 Å². The lowest BCUT2D eigenvalue weighted by atomic mass is 9.82. The summed E-state index contributed by atoms with van der Waals surface area (Å²) in [4.78, 5) is 12.9. The van der Waals surface area contributed by atoms with Crippen molar-refractivity contribution in [2.24, 2.45) is 0 Å². The monoisotopic (exact) mass is 304 g/mol. The maximum absolute atomic E-state index is 12.9. The van der Waals surface area contributed by atoms with Gasteiger partial charge in [0.1, 0.15) is 16.9 Å². The molecule has 4 aromatic rings. The Labute approximate surface area is 133 Å². The predicted molar refractivity (Wildman–Crippen MR) is 90.8 cm³/mol. The van der Waals surface area contributed by atoms with Crippen molar-refractivity contribution in [1.29, 1.82) is 0 Å². The molecule has 2 heterocycles. The van der Waals surface area contributed by atoms with E-state index in [-0.39, 0.29) is 5.43 Å². The van der Waals surface area contributed by atoms with Crippen LogP contribution in [0, 0.1) is 0 Å². The minimum absolute atomic E-state index is 0.0164. The fourth-order valence-corrected chi connectivity index (χ4v) is 2.93. The maximum Gasteiger partial charge on any atom is 0.196 e. The summed E-state index contributed by atoms with van der Waals surface area (Å²) in [7, 11) is 0. The first-order valence-corrected chi connectivity index (χ1v) is 7.57. The highest BCUT2D eigenvalue weighted by Gasteiger charge is 2.31. The molecule has 0 radical (unpaired) electrons. The van der Waals surface area contributed by atoms with E-state index in [1.165, 1.54) is 0 Å². The largest absolute Gasteiger partial charge is 0.464 e. The molecule has 4 rings (SSSR count). The van der Waals surface area contributed by atoms with E-state index in [1.807, 2.05) is 56.3 Å². The first-order valence-electron chi connectivity index (χ1n) is 7.57. The van der Waals surface area contributed by atoms with Crippen molar-refractivity contribution in [3.8, 4) is 0 Å². The molecule has 0 saturated carbocycles. The highest BCUT2D eigenvalue weighted by molar-refractivity contribution is 5.79.